The molecule has 0 aliphatic carbocycles. The zero-order valence-corrected chi connectivity index (χ0v) is 22.2. The van der Waals surface area contributed by atoms with E-state index >= 15 is 0 Å². The van der Waals surface area contributed by atoms with Crippen LogP contribution >= 0.6 is 11.6 Å². The second kappa shape index (κ2) is 12.6. The molecule has 0 saturated carbocycles. The number of hydrogen-bond acceptors (Lipinski definition) is 4. The lowest BCUT2D eigenvalue weighted by Crippen LogP contribution is -2.15. The Balaban J connectivity index is 1.53. The predicted octanol–water partition coefficient (Wildman–Crippen LogP) is 8.42. The molecule has 0 spiro atoms. The number of pyridine rings is 1. The number of aromatic nitrogens is 1. The molecule has 0 bridgehead atoms. The van der Waals surface area contributed by atoms with Crippen molar-refractivity contribution in [2.24, 2.45) is 0 Å². The van der Waals surface area contributed by atoms with Crippen molar-refractivity contribution in [3.63, 3.8) is 0 Å². The number of carbonyl (C=O) groups excluding carboxylic acids is 2. The molecule has 0 radical (unpaired) electrons. The Morgan fingerprint density at radius 1 is 0.865 bits per heavy atom. The van der Waals surface area contributed by atoms with Crippen LogP contribution in [0.2, 0.25) is 5.02 Å². The number of benzene rings is 3. The first kappa shape index (κ1) is 26.6. The highest BCUT2D eigenvalue weighted by Crippen LogP contribution is 2.27. The molecule has 0 amide bonds. The van der Waals surface area contributed by atoms with E-state index in [9.17, 15) is 9.59 Å². The topological polar surface area (TPSA) is 56.3 Å². The average Bonchev–Trinajstić information content (AvgIpc) is 2.91. The fourth-order valence-electron chi connectivity index (χ4n) is 4.36. The third kappa shape index (κ3) is 7.05. The van der Waals surface area contributed by atoms with E-state index in [0.717, 1.165) is 17.5 Å². The number of ketones is 1. The summed E-state index contributed by atoms with van der Waals surface area (Å²) in [4.78, 5) is 30.5. The molecular formula is C32H32ClNO3. The Hall–Kier alpha value is -3.50. The van der Waals surface area contributed by atoms with Crippen molar-refractivity contribution in [1.29, 1.82) is 0 Å². The summed E-state index contributed by atoms with van der Waals surface area (Å²) in [5, 5.41) is 1.25. The minimum absolute atomic E-state index is 0.287. The van der Waals surface area contributed by atoms with Gasteiger partial charge in [-0.25, -0.2) is 9.78 Å². The first-order valence-corrected chi connectivity index (χ1v) is 13.3. The SMILES string of the molecule is CCCCCCCc1ccc(-c2cc(C(=O)OCC(=O)c3ccc(Cl)cc3)c3cc(C)ccc3n2)cc1. The first-order chi connectivity index (χ1) is 17.9. The maximum absolute atomic E-state index is 13.2. The summed E-state index contributed by atoms with van der Waals surface area (Å²) >= 11 is 5.90. The number of ether oxygens (including phenoxy) is 1. The first-order valence-electron chi connectivity index (χ1n) is 12.9. The molecule has 0 N–H and O–H groups in total. The van der Waals surface area contributed by atoms with E-state index in [4.69, 9.17) is 21.3 Å². The maximum Gasteiger partial charge on any atom is 0.339 e. The lowest BCUT2D eigenvalue weighted by atomic mass is 10.0. The van der Waals surface area contributed by atoms with E-state index in [-0.39, 0.29) is 12.4 Å². The molecule has 5 heteroatoms. The smallest absolute Gasteiger partial charge is 0.339 e. The molecule has 0 fully saturated rings. The molecule has 4 aromatic rings. The molecule has 0 aliphatic heterocycles. The van der Waals surface area contributed by atoms with Gasteiger partial charge < -0.3 is 4.74 Å². The summed E-state index contributed by atoms with van der Waals surface area (Å²) in [6, 6.07) is 22.5. The fraction of sp³-hybridized carbons (Fsp3) is 0.281. The monoisotopic (exact) mass is 513 g/mol. The molecule has 4 rings (SSSR count). The molecule has 0 atom stereocenters. The second-order valence-electron chi connectivity index (χ2n) is 9.44. The molecular weight excluding hydrogens is 482 g/mol. The van der Waals surface area contributed by atoms with Gasteiger partial charge in [-0.1, -0.05) is 80.1 Å². The summed E-state index contributed by atoms with van der Waals surface area (Å²) in [5.74, 6) is -0.838. The largest absolute Gasteiger partial charge is 0.454 e. The summed E-state index contributed by atoms with van der Waals surface area (Å²) in [6.07, 6.45) is 7.35. The van der Waals surface area contributed by atoms with Gasteiger partial charge in [0.25, 0.3) is 0 Å². The van der Waals surface area contributed by atoms with Crippen LogP contribution in [0.3, 0.4) is 0 Å². The van der Waals surface area contributed by atoms with Crippen LogP contribution in [0.5, 0.6) is 0 Å². The van der Waals surface area contributed by atoms with E-state index < -0.39 is 5.97 Å². The van der Waals surface area contributed by atoms with Gasteiger partial charge >= 0.3 is 5.97 Å². The van der Waals surface area contributed by atoms with Crippen LogP contribution in [0.1, 0.15) is 70.9 Å². The zero-order valence-electron chi connectivity index (χ0n) is 21.4. The number of nitrogens with zero attached hydrogens (tertiary/aromatic N) is 1. The minimum Gasteiger partial charge on any atom is -0.454 e. The summed E-state index contributed by atoms with van der Waals surface area (Å²) in [7, 11) is 0. The van der Waals surface area contributed by atoms with Gasteiger partial charge in [0, 0.05) is 21.5 Å². The molecule has 4 nitrogen and oxygen atoms in total. The van der Waals surface area contributed by atoms with Crippen molar-refractivity contribution in [2.45, 2.75) is 52.4 Å². The second-order valence-corrected chi connectivity index (χ2v) is 9.88. The van der Waals surface area contributed by atoms with Gasteiger partial charge in [-0.15, -0.1) is 0 Å². The summed E-state index contributed by atoms with van der Waals surface area (Å²) in [6.45, 7) is 3.85. The van der Waals surface area contributed by atoms with Crippen molar-refractivity contribution < 1.29 is 14.3 Å². The van der Waals surface area contributed by atoms with Crippen molar-refractivity contribution in [3.05, 3.63) is 100 Å². The minimum atomic E-state index is -0.551. The van der Waals surface area contributed by atoms with Crippen LogP contribution < -0.4 is 0 Å². The highest BCUT2D eigenvalue weighted by Gasteiger charge is 2.17. The highest BCUT2D eigenvalue weighted by molar-refractivity contribution is 6.30. The van der Waals surface area contributed by atoms with Crippen LogP contribution in [-0.4, -0.2) is 23.3 Å². The summed E-state index contributed by atoms with van der Waals surface area (Å²) in [5.41, 5.74) is 5.49. The Morgan fingerprint density at radius 2 is 1.59 bits per heavy atom. The number of hydrogen-bond donors (Lipinski definition) is 0. The molecule has 3 aromatic carbocycles. The standard InChI is InChI=1S/C32H32ClNO3/c1-3-4-5-6-7-8-23-10-12-24(13-11-23)30-20-28(27-19-22(2)9-18-29(27)34-30)32(36)37-21-31(35)25-14-16-26(33)17-15-25/h9-20H,3-8,21H2,1-2H3. The van der Waals surface area contributed by atoms with Crippen molar-refractivity contribution in [2.75, 3.05) is 6.61 Å². The average molecular weight is 514 g/mol. The Labute approximate surface area is 223 Å². The molecule has 0 saturated heterocycles. The van der Waals surface area contributed by atoms with Gasteiger partial charge in [0.1, 0.15) is 0 Å². The van der Waals surface area contributed by atoms with Crippen LogP contribution in [0.15, 0.2) is 72.8 Å². The van der Waals surface area contributed by atoms with Gasteiger partial charge in [0.15, 0.2) is 12.4 Å². The number of fused-ring (bicyclic) bond motifs is 1. The lowest BCUT2D eigenvalue weighted by Gasteiger charge is -2.11. The van der Waals surface area contributed by atoms with Crippen molar-refractivity contribution in [1.82, 2.24) is 4.98 Å². The highest BCUT2D eigenvalue weighted by atomic mass is 35.5. The van der Waals surface area contributed by atoms with E-state index in [0.29, 0.717) is 32.7 Å². The zero-order chi connectivity index (χ0) is 26.2. The third-order valence-corrected chi connectivity index (χ3v) is 6.76. The van der Waals surface area contributed by atoms with Gasteiger partial charge in [-0.05, 0) is 67.8 Å². The molecule has 1 heterocycles. The number of carbonyl (C=O) groups is 2. The van der Waals surface area contributed by atoms with Gasteiger partial charge in [-0.2, -0.15) is 0 Å². The normalized spacial score (nSPS) is 11.0. The third-order valence-electron chi connectivity index (χ3n) is 6.50. The maximum atomic E-state index is 13.2. The van der Waals surface area contributed by atoms with Crippen LogP contribution in [0, 0.1) is 6.92 Å². The van der Waals surface area contributed by atoms with E-state index in [2.05, 4.69) is 31.2 Å². The molecule has 1 aromatic heterocycles. The number of aryl methyl sites for hydroxylation is 2. The van der Waals surface area contributed by atoms with Crippen molar-refractivity contribution in [3.8, 4) is 11.3 Å². The Bertz CT molecular complexity index is 1380. The van der Waals surface area contributed by atoms with Crippen LogP contribution in [-0.2, 0) is 11.2 Å². The van der Waals surface area contributed by atoms with Gasteiger partial charge in [0.2, 0.25) is 0 Å². The Morgan fingerprint density at radius 3 is 2.32 bits per heavy atom. The number of halogens is 1. The number of Topliss-reactive ketones (excluding diaryl/α,β-unsaturated/α-hetero) is 1. The fourth-order valence-corrected chi connectivity index (χ4v) is 4.49. The van der Waals surface area contributed by atoms with Gasteiger partial charge in [-0.3, -0.25) is 4.79 Å². The quantitative estimate of drug-likeness (QED) is 0.115. The van der Waals surface area contributed by atoms with E-state index in [1.807, 2.05) is 25.1 Å². The van der Waals surface area contributed by atoms with Crippen LogP contribution in [0.4, 0.5) is 0 Å². The van der Waals surface area contributed by atoms with Crippen LogP contribution in [0.25, 0.3) is 22.2 Å². The molecule has 190 valence electrons. The Kier molecular flexibility index (Phi) is 9.08. The van der Waals surface area contributed by atoms with E-state index in [1.165, 1.54) is 37.7 Å². The summed E-state index contributed by atoms with van der Waals surface area (Å²) < 4.78 is 5.46. The molecule has 37 heavy (non-hydrogen) atoms. The molecule has 0 unspecified atom stereocenters. The number of esters is 1. The number of unbranched alkanes of at least 4 members (excludes halogenated alkanes) is 4. The predicted molar refractivity (Wildman–Crippen MR) is 150 cm³/mol. The number of rotatable bonds is 11. The van der Waals surface area contributed by atoms with E-state index in [1.54, 1.807) is 30.3 Å². The molecule has 0 aliphatic rings. The van der Waals surface area contributed by atoms with Gasteiger partial charge in [0.05, 0.1) is 16.8 Å². The lowest BCUT2D eigenvalue weighted by molar-refractivity contribution is 0.0476. The van der Waals surface area contributed by atoms with Crippen molar-refractivity contribution >= 4 is 34.3 Å².